The van der Waals surface area contributed by atoms with Gasteiger partial charge in [0.1, 0.15) is 0 Å². The van der Waals surface area contributed by atoms with Crippen LogP contribution in [0, 0.1) is 5.41 Å². The third-order valence-corrected chi connectivity index (χ3v) is 3.09. The zero-order valence-corrected chi connectivity index (χ0v) is 11.0. The van der Waals surface area contributed by atoms with Crippen LogP contribution < -0.4 is 5.32 Å². The van der Waals surface area contributed by atoms with Gasteiger partial charge in [-0.15, -0.1) is 7.92 Å². The van der Waals surface area contributed by atoms with Gasteiger partial charge >= 0.3 is 0 Å². The molecule has 1 N–H and O–H groups in total. The van der Waals surface area contributed by atoms with E-state index in [1.165, 1.54) is 19.1 Å². The summed E-state index contributed by atoms with van der Waals surface area (Å²) >= 11 is 0. The van der Waals surface area contributed by atoms with Crippen LogP contribution in [0.25, 0.3) is 0 Å². The van der Waals surface area contributed by atoms with Crippen molar-refractivity contribution in [1.29, 1.82) is 0 Å². The Balaban J connectivity index is 3.46. The second kappa shape index (κ2) is 5.98. The van der Waals surface area contributed by atoms with Gasteiger partial charge in [-0.05, 0) is 44.8 Å². The zero-order valence-electron chi connectivity index (χ0n) is 10.1. The Morgan fingerprint density at radius 1 is 1.23 bits per heavy atom. The first-order valence-corrected chi connectivity index (χ1v) is 7.61. The maximum atomic E-state index is 3.59. The molecule has 1 unspecified atom stereocenters. The minimum absolute atomic E-state index is 0.273. The van der Waals surface area contributed by atoms with Gasteiger partial charge in [0.25, 0.3) is 0 Å². The summed E-state index contributed by atoms with van der Waals surface area (Å²) in [7, 11) is 0.273. The molecule has 0 saturated carbocycles. The molecule has 1 atom stereocenters. The highest BCUT2D eigenvalue weighted by atomic mass is 31.1. The van der Waals surface area contributed by atoms with E-state index < -0.39 is 0 Å². The maximum absolute atomic E-state index is 3.59. The highest BCUT2D eigenvalue weighted by molar-refractivity contribution is 7.56. The fourth-order valence-corrected chi connectivity index (χ4v) is 2.10. The molecule has 0 radical (unpaired) electrons. The smallest absolute Gasteiger partial charge is 0.00438 e. The molecule has 0 bridgehead atoms. The molecule has 0 aliphatic carbocycles. The minimum Gasteiger partial charge on any atom is -0.314 e. The zero-order chi connectivity index (χ0) is 10.5. The summed E-state index contributed by atoms with van der Waals surface area (Å²) in [4.78, 5) is 0. The summed E-state index contributed by atoms with van der Waals surface area (Å²) in [5, 5.41) is 3.59. The highest BCUT2D eigenvalue weighted by Gasteiger charge is 2.14. The van der Waals surface area contributed by atoms with Gasteiger partial charge in [0.05, 0.1) is 0 Å². The van der Waals surface area contributed by atoms with E-state index in [-0.39, 0.29) is 7.92 Å². The first-order chi connectivity index (χ1) is 5.81. The standard InChI is InChI=1S/C11H26NP/c1-10(9-11(2,3)4)12-7-8-13(5)6/h10,12H,7-9H2,1-6H3. The summed E-state index contributed by atoms with van der Waals surface area (Å²) in [5.74, 6) is 0. The van der Waals surface area contributed by atoms with E-state index in [4.69, 9.17) is 0 Å². The molecule has 0 aliphatic rings. The van der Waals surface area contributed by atoms with Crippen molar-refractivity contribution in [1.82, 2.24) is 5.32 Å². The average Bonchev–Trinajstić information content (AvgIpc) is 1.81. The van der Waals surface area contributed by atoms with Crippen molar-refractivity contribution in [3.05, 3.63) is 0 Å². The second-order valence-corrected chi connectivity index (χ2v) is 8.03. The Hall–Kier alpha value is 0.390. The van der Waals surface area contributed by atoms with Gasteiger partial charge < -0.3 is 5.32 Å². The van der Waals surface area contributed by atoms with E-state index in [1.54, 1.807) is 0 Å². The highest BCUT2D eigenvalue weighted by Crippen LogP contribution is 2.23. The number of rotatable bonds is 5. The summed E-state index contributed by atoms with van der Waals surface area (Å²) < 4.78 is 0. The molecule has 13 heavy (non-hydrogen) atoms. The van der Waals surface area contributed by atoms with E-state index in [1.807, 2.05) is 0 Å². The van der Waals surface area contributed by atoms with Gasteiger partial charge in [-0.25, -0.2) is 0 Å². The largest absolute Gasteiger partial charge is 0.314 e. The van der Waals surface area contributed by atoms with Crippen LogP contribution in [-0.2, 0) is 0 Å². The lowest BCUT2D eigenvalue weighted by Crippen LogP contribution is -2.31. The summed E-state index contributed by atoms with van der Waals surface area (Å²) in [6, 6.07) is 0.662. The Labute approximate surface area is 85.4 Å². The number of hydrogen-bond acceptors (Lipinski definition) is 1. The normalized spacial score (nSPS) is 15.0. The molecule has 0 aromatic rings. The number of nitrogens with one attached hydrogen (secondary N) is 1. The van der Waals surface area contributed by atoms with E-state index in [0.717, 1.165) is 0 Å². The monoisotopic (exact) mass is 203 g/mol. The molecule has 0 amide bonds. The molecule has 0 fully saturated rings. The molecule has 2 heteroatoms. The van der Waals surface area contributed by atoms with Gasteiger partial charge in [0.2, 0.25) is 0 Å². The topological polar surface area (TPSA) is 12.0 Å². The van der Waals surface area contributed by atoms with Crippen molar-refractivity contribution in [2.24, 2.45) is 5.41 Å². The molecular weight excluding hydrogens is 177 g/mol. The average molecular weight is 203 g/mol. The Morgan fingerprint density at radius 3 is 2.15 bits per heavy atom. The Morgan fingerprint density at radius 2 is 1.77 bits per heavy atom. The lowest BCUT2D eigenvalue weighted by molar-refractivity contribution is 0.322. The van der Waals surface area contributed by atoms with Crippen molar-refractivity contribution in [3.8, 4) is 0 Å². The molecule has 0 aliphatic heterocycles. The van der Waals surface area contributed by atoms with Gasteiger partial charge in [0, 0.05) is 6.04 Å². The quantitative estimate of drug-likeness (QED) is 0.677. The molecule has 0 rings (SSSR count). The van der Waals surface area contributed by atoms with Crippen molar-refractivity contribution in [2.75, 3.05) is 26.0 Å². The van der Waals surface area contributed by atoms with Gasteiger partial charge in [-0.2, -0.15) is 0 Å². The summed E-state index contributed by atoms with van der Waals surface area (Å²) in [6.45, 7) is 15.1. The summed E-state index contributed by atoms with van der Waals surface area (Å²) in [5.41, 5.74) is 0.454. The van der Waals surface area contributed by atoms with Crippen molar-refractivity contribution < 1.29 is 0 Å². The second-order valence-electron chi connectivity index (χ2n) is 5.42. The van der Waals surface area contributed by atoms with Crippen LogP contribution in [0.1, 0.15) is 34.1 Å². The lowest BCUT2D eigenvalue weighted by atomic mass is 9.89. The minimum atomic E-state index is 0.273. The third-order valence-electron chi connectivity index (χ3n) is 1.97. The first kappa shape index (κ1) is 13.4. The van der Waals surface area contributed by atoms with Crippen LogP contribution >= 0.6 is 7.92 Å². The Bertz CT molecular complexity index is 127. The molecule has 0 saturated heterocycles. The molecule has 0 aromatic heterocycles. The maximum Gasteiger partial charge on any atom is 0.00438 e. The van der Waals surface area contributed by atoms with Crippen LogP contribution in [-0.4, -0.2) is 32.1 Å². The summed E-state index contributed by atoms with van der Waals surface area (Å²) in [6.07, 6.45) is 2.61. The third kappa shape index (κ3) is 10.3. The van der Waals surface area contributed by atoms with E-state index in [2.05, 4.69) is 46.3 Å². The van der Waals surface area contributed by atoms with Crippen LogP contribution in [0.3, 0.4) is 0 Å². The van der Waals surface area contributed by atoms with Crippen LogP contribution in [0.2, 0.25) is 0 Å². The van der Waals surface area contributed by atoms with Crippen molar-refractivity contribution >= 4 is 7.92 Å². The predicted octanol–water partition coefficient (Wildman–Crippen LogP) is 3.14. The van der Waals surface area contributed by atoms with E-state index in [0.29, 0.717) is 11.5 Å². The number of hydrogen-bond donors (Lipinski definition) is 1. The van der Waals surface area contributed by atoms with E-state index >= 15 is 0 Å². The molecule has 1 nitrogen and oxygen atoms in total. The SMILES string of the molecule is CC(CC(C)(C)C)NCCP(C)C. The lowest BCUT2D eigenvalue weighted by Gasteiger charge is -2.24. The van der Waals surface area contributed by atoms with Crippen LogP contribution in [0.4, 0.5) is 0 Å². The van der Waals surface area contributed by atoms with E-state index in [9.17, 15) is 0 Å². The van der Waals surface area contributed by atoms with Crippen LogP contribution in [0.15, 0.2) is 0 Å². The van der Waals surface area contributed by atoms with Crippen LogP contribution in [0.5, 0.6) is 0 Å². The van der Waals surface area contributed by atoms with Gasteiger partial charge in [-0.1, -0.05) is 20.8 Å². The molecule has 0 spiro atoms. The molecular formula is C11H26NP. The van der Waals surface area contributed by atoms with Crippen molar-refractivity contribution in [2.45, 2.75) is 40.2 Å². The first-order valence-electron chi connectivity index (χ1n) is 5.19. The molecule has 80 valence electrons. The fraction of sp³-hybridized carbons (Fsp3) is 1.00. The van der Waals surface area contributed by atoms with Crippen molar-refractivity contribution in [3.63, 3.8) is 0 Å². The van der Waals surface area contributed by atoms with Gasteiger partial charge in [0.15, 0.2) is 0 Å². The molecule has 0 aromatic carbocycles. The predicted molar refractivity (Wildman–Crippen MR) is 65.2 cm³/mol. The fourth-order valence-electron chi connectivity index (χ4n) is 1.53. The molecule has 0 heterocycles. The Kier molecular flexibility index (Phi) is 6.16. The van der Waals surface area contributed by atoms with Gasteiger partial charge in [-0.3, -0.25) is 0 Å².